The van der Waals surface area contributed by atoms with Crippen molar-refractivity contribution < 1.29 is 27.8 Å². The number of aryl methyl sites for hydroxylation is 1. The molecule has 1 fully saturated rings. The van der Waals surface area contributed by atoms with Crippen molar-refractivity contribution in [3.8, 4) is 23.1 Å². The Morgan fingerprint density at radius 3 is 2.59 bits per heavy atom. The Balaban J connectivity index is 1.84. The number of nitriles is 1. The van der Waals surface area contributed by atoms with Gasteiger partial charge in [-0.25, -0.2) is 0 Å². The van der Waals surface area contributed by atoms with Crippen LogP contribution >= 0.6 is 0 Å². The van der Waals surface area contributed by atoms with Gasteiger partial charge in [-0.05, 0) is 50.5 Å². The van der Waals surface area contributed by atoms with E-state index in [2.05, 4.69) is 10.2 Å². The molecule has 1 saturated carbocycles. The van der Waals surface area contributed by atoms with Crippen LogP contribution < -0.4 is 4.74 Å². The van der Waals surface area contributed by atoms with Gasteiger partial charge in [0.1, 0.15) is 5.75 Å². The molecule has 1 aliphatic rings. The number of nitrogens with zero attached hydrogens (tertiary/aromatic N) is 4. The average molecular weight is 446 g/mol. The molecule has 0 aliphatic heterocycles. The standard InChI is InChI=1S/C22H21F3N4O3/c1-12-10-29(15-7-21(2,30)8-15)20-16(12)6-17(27-28-20)19-13(9-26)4-14(22(23,24)25)5-18(19)32-11-31-3/h4-6,10,15,30H,7-8,11H2,1-3H3. The van der Waals surface area contributed by atoms with Crippen molar-refractivity contribution in [1.29, 1.82) is 5.26 Å². The number of aromatic nitrogens is 3. The lowest BCUT2D eigenvalue weighted by molar-refractivity contribution is -0.137. The zero-order valence-electron chi connectivity index (χ0n) is 17.7. The van der Waals surface area contributed by atoms with Gasteiger partial charge in [0.05, 0.1) is 34.1 Å². The Morgan fingerprint density at radius 1 is 1.28 bits per heavy atom. The second-order valence-electron chi connectivity index (χ2n) is 8.30. The van der Waals surface area contributed by atoms with Crippen molar-refractivity contribution >= 4 is 11.0 Å². The molecule has 0 radical (unpaired) electrons. The third kappa shape index (κ3) is 3.89. The second-order valence-corrected chi connectivity index (χ2v) is 8.30. The molecule has 2 aromatic heterocycles. The van der Waals surface area contributed by atoms with Gasteiger partial charge in [0.2, 0.25) is 0 Å². The van der Waals surface area contributed by atoms with Crippen molar-refractivity contribution in [1.82, 2.24) is 14.8 Å². The van der Waals surface area contributed by atoms with E-state index in [0.29, 0.717) is 18.5 Å². The van der Waals surface area contributed by atoms with E-state index in [1.165, 1.54) is 7.11 Å². The Bertz CT molecular complexity index is 1220. The van der Waals surface area contributed by atoms with Gasteiger partial charge in [-0.15, -0.1) is 10.2 Å². The van der Waals surface area contributed by atoms with Crippen LogP contribution in [0.4, 0.5) is 13.2 Å². The molecule has 7 nitrogen and oxygen atoms in total. The molecule has 0 spiro atoms. The van der Waals surface area contributed by atoms with Crippen LogP contribution in [0.15, 0.2) is 24.4 Å². The molecular weight excluding hydrogens is 425 g/mol. The highest BCUT2D eigenvalue weighted by Crippen LogP contribution is 2.44. The summed E-state index contributed by atoms with van der Waals surface area (Å²) >= 11 is 0. The number of fused-ring (bicyclic) bond motifs is 1. The second kappa shape index (κ2) is 7.76. The van der Waals surface area contributed by atoms with E-state index in [0.717, 1.165) is 23.1 Å². The summed E-state index contributed by atoms with van der Waals surface area (Å²) < 4.78 is 52.2. The lowest BCUT2D eigenvalue weighted by atomic mass is 9.77. The van der Waals surface area contributed by atoms with E-state index in [1.54, 1.807) is 13.0 Å². The normalized spacial score (nSPS) is 20.8. The summed E-state index contributed by atoms with van der Waals surface area (Å²) in [5, 5.41) is 28.9. The fourth-order valence-electron chi connectivity index (χ4n) is 4.13. The minimum Gasteiger partial charge on any atom is -0.467 e. The van der Waals surface area contributed by atoms with Crippen LogP contribution in [0.2, 0.25) is 0 Å². The minimum absolute atomic E-state index is 0.0858. The predicted octanol–water partition coefficient (Wildman–Crippen LogP) is 4.37. The van der Waals surface area contributed by atoms with Crippen LogP contribution in [-0.2, 0) is 10.9 Å². The fraction of sp³-hybridized carbons (Fsp3) is 0.409. The molecule has 10 heteroatoms. The van der Waals surface area contributed by atoms with Crippen LogP contribution in [0.5, 0.6) is 5.75 Å². The topological polar surface area (TPSA) is 93.2 Å². The Labute approximate surface area is 182 Å². The molecule has 0 saturated heterocycles. The van der Waals surface area contributed by atoms with Gasteiger partial charge < -0.3 is 19.1 Å². The Morgan fingerprint density at radius 2 is 2.00 bits per heavy atom. The number of hydrogen-bond acceptors (Lipinski definition) is 6. The molecule has 168 valence electrons. The van der Waals surface area contributed by atoms with Gasteiger partial charge >= 0.3 is 6.18 Å². The first-order chi connectivity index (χ1) is 15.0. The molecule has 1 aromatic carbocycles. The highest BCUT2D eigenvalue weighted by atomic mass is 19.4. The predicted molar refractivity (Wildman–Crippen MR) is 109 cm³/mol. The number of hydrogen-bond donors (Lipinski definition) is 1. The molecular formula is C22H21F3N4O3. The summed E-state index contributed by atoms with van der Waals surface area (Å²) in [4.78, 5) is 0. The largest absolute Gasteiger partial charge is 0.467 e. The van der Waals surface area contributed by atoms with E-state index < -0.39 is 17.3 Å². The lowest BCUT2D eigenvalue weighted by Crippen LogP contribution is -2.41. The van der Waals surface area contributed by atoms with Crippen molar-refractivity contribution in [2.45, 2.75) is 44.5 Å². The van der Waals surface area contributed by atoms with Crippen molar-refractivity contribution in [2.24, 2.45) is 0 Å². The molecule has 0 atom stereocenters. The van der Waals surface area contributed by atoms with E-state index >= 15 is 0 Å². The lowest BCUT2D eigenvalue weighted by Gasteiger charge is -2.41. The summed E-state index contributed by atoms with van der Waals surface area (Å²) in [6, 6.07) is 5.19. The number of methoxy groups -OCH3 is 1. The number of benzene rings is 1. The molecule has 1 aliphatic carbocycles. The maximum atomic E-state index is 13.3. The van der Waals surface area contributed by atoms with Gasteiger partial charge in [-0.3, -0.25) is 0 Å². The van der Waals surface area contributed by atoms with E-state index in [1.807, 2.05) is 23.8 Å². The summed E-state index contributed by atoms with van der Waals surface area (Å²) in [7, 11) is 1.34. The number of rotatable bonds is 5. The SMILES string of the molecule is COCOc1cc(C(F)(F)F)cc(C#N)c1-c1cc2c(C)cn(C3CC(C)(O)C3)c2nn1. The smallest absolute Gasteiger partial charge is 0.416 e. The summed E-state index contributed by atoms with van der Waals surface area (Å²) in [5.74, 6) is -0.168. The zero-order valence-corrected chi connectivity index (χ0v) is 17.7. The molecule has 0 amide bonds. The van der Waals surface area contributed by atoms with Gasteiger partial charge in [0.25, 0.3) is 0 Å². The van der Waals surface area contributed by atoms with Gasteiger partial charge in [-0.2, -0.15) is 18.4 Å². The third-order valence-corrected chi connectivity index (χ3v) is 5.66. The molecule has 2 heterocycles. The van der Waals surface area contributed by atoms with E-state index in [-0.39, 0.29) is 35.4 Å². The van der Waals surface area contributed by atoms with Gasteiger partial charge in [-0.1, -0.05) is 0 Å². The highest BCUT2D eigenvalue weighted by Gasteiger charge is 2.40. The van der Waals surface area contributed by atoms with Gasteiger partial charge in [0, 0.05) is 24.7 Å². The highest BCUT2D eigenvalue weighted by molar-refractivity contribution is 5.86. The molecule has 1 N–H and O–H groups in total. The zero-order chi connectivity index (χ0) is 23.3. The van der Waals surface area contributed by atoms with Crippen molar-refractivity contribution in [3.63, 3.8) is 0 Å². The monoisotopic (exact) mass is 446 g/mol. The Hall–Kier alpha value is -3.16. The fourth-order valence-corrected chi connectivity index (χ4v) is 4.13. The van der Waals surface area contributed by atoms with E-state index in [4.69, 9.17) is 9.47 Å². The van der Waals surface area contributed by atoms with Crippen LogP contribution in [0.3, 0.4) is 0 Å². The molecule has 4 rings (SSSR count). The first-order valence-corrected chi connectivity index (χ1v) is 9.89. The molecule has 0 bridgehead atoms. The molecule has 3 aromatic rings. The number of aliphatic hydroxyl groups is 1. The first kappa shape index (κ1) is 22.0. The van der Waals surface area contributed by atoms with Crippen LogP contribution in [0, 0.1) is 18.3 Å². The van der Waals surface area contributed by atoms with E-state index in [9.17, 15) is 23.5 Å². The van der Waals surface area contributed by atoms with Crippen LogP contribution in [0.1, 0.15) is 42.5 Å². The van der Waals surface area contributed by atoms with Gasteiger partial charge in [0.15, 0.2) is 12.4 Å². The molecule has 32 heavy (non-hydrogen) atoms. The Kier molecular flexibility index (Phi) is 5.35. The maximum absolute atomic E-state index is 13.3. The average Bonchev–Trinajstić information content (AvgIpc) is 3.04. The number of alkyl halides is 3. The van der Waals surface area contributed by atoms with Crippen LogP contribution in [-0.4, -0.2) is 39.4 Å². The number of halogens is 3. The van der Waals surface area contributed by atoms with Crippen LogP contribution in [0.25, 0.3) is 22.3 Å². The van der Waals surface area contributed by atoms with Crippen molar-refractivity contribution in [2.75, 3.05) is 13.9 Å². The third-order valence-electron chi connectivity index (χ3n) is 5.66. The summed E-state index contributed by atoms with van der Waals surface area (Å²) in [6.07, 6.45) is -1.55. The minimum atomic E-state index is -4.65. The van der Waals surface area contributed by atoms with Crippen molar-refractivity contribution in [3.05, 3.63) is 41.1 Å². The maximum Gasteiger partial charge on any atom is 0.416 e. The number of ether oxygens (including phenoxy) is 2. The summed E-state index contributed by atoms with van der Waals surface area (Å²) in [5.41, 5.74) is -0.105. The first-order valence-electron chi connectivity index (χ1n) is 9.89. The molecule has 0 unspecified atom stereocenters. The quantitative estimate of drug-likeness (QED) is 0.585. The summed E-state index contributed by atoms with van der Waals surface area (Å²) in [6.45, 7) is 3.37.